The van der Waals surface area contributed by atoms with Crippen LogP contribution in [0, 0.1) is 0 Å². The second-order valence-electron chi connectivity index (χ2n) is 2.68. The van der Waals surface area contributed by atoms with Gasteiger partial charge in [0.15, 0.2) is 0 Å². The number of hydrogen-bond acceptors (Lipinski definition) is 0. The van der Waals surface area contributed by atoms with E-state index in [-0.39, 0.29) is 0 Å². The quantitative estimate of drug-likeness (QED) is 0.706. The van der Waals surface area contributed by atoms with Crippen LogP contribution in [0.1, 0.15) is 11.1 Å². The number of halogens is 4. The van der Waals surface area contributed by atoms with E-state index in [1.165, 1.54) is 12.1 Å². The van der Waals surface area contributed by atoms with Crippen LogP contribution in [0.5, 0.6) is 0 Å². The van der Waals surface area contributed by atoms with Crippen LogP contribution in [-0.4, -0.2) is 5.33 Å². The lowest BCUT2D eigenvalue weighted by Crippen LogP contribution is -2.03. The Hall–Kier alpha value is -0.770. The minimum Gasteiger partial charge on any atom is -0.166 e. The fourth-order valence-electron chi connectivity index (χ4n) is 0.964. The summed E-state index contributed by atoms with van der Waals surface area (Å²) in [5.74, 6) is 0. The van der Waals surface area contributed by atoms with Crippen molar-refractivity contribution < 1.29 is 13.2 Å². The van der Waals surface area contributed by atoms with E-state index in [1.54, 1.807) is 6.08 Å². The summed E-state index contributed by atoms with van der Waals surface area (Å²) in [7, 11) is 0. The van der Waals surface area contributed by atoms with E-state index in [0.29, 0.717) is 5.33 Å². The van der Waals surface area contributed by atoms with Crippen molar-refractivity contribution >= 4 is 22.0 Å². The third-order valence-electron chi connectivity index (χ3n) is 1.64. The van der Waals surface area contributed by atoms with E-state index in [4.69, 9.17) is 0 Å². The maximum absolute atomic E-state index is 12.1. The fourth-order valence-corrected chi connectivity index (χ4v) is 1.15. The van der Waals surface area contributed by atoms with Crippen molar-refractivity contribution in [2.45, 2.75) is 6.18 Å². The van der Waals surface area contributed by atoms with Crippen LogP contribution in [0.15, 0.2) is 30.3 Å². The van der Waals surface area contributed by atoms with E-state index in [0.717, 1.165) is 17.7 Å². The number of alkyl halides is 4. The lowest BCUT2D eigenvalue weighted by atomic mass is 10.1. The number of allylic oxidation sites excluding steroid dienone is 1. The fraction of sp³-hybridized carbons (Fsp3) is 0.200. The SMILES string of the molecule is FC(F)(F)c1ccc(/C=C/CBr)cc1. The van der Waals surface area contributed by atoms with Crippen LogP contribution in [0.25, 0.3) is 6.08 Å². The van der Waals surface area contributed by atoms with E-state index >= 15 is 0 Å². The zero-order chi connectivity index (χ0) is 10.6. The van der Waals surface area contributed by atoms with Crippen LogP contribution in [0.3, 0.4) is 0 Å². The molecule has 0 N–H and O–H groups in total. The average molecular weight is 265 g/mol. The molecular weight excluding hydrogens is 257 g/mol. The van der Waals surface area contributed by atoms with Crippen molar-refractivity contribution in [3.63, 3.8) is 0 Å². The molecule has 0 amide bonds. The summed E-state index contributed by atoms with van der Waals surface area (Å²) in [5.41, 5.74) is 0.144. The van der Waals surface area contributed by atoms with Gasteiger partial charge in [-0.1, -0.05) is 40.2 Å². The third kappa shape index (κ3) is 3.18. The molecule has 0 unspecified atom stereocenters. The Kier molecular flexibility index (Phi) is 3.75. The van der Waals surface area contributed by atoms with Gasteiger partial charge >= 0.3 is 6.18 Å². The van der Waals surface area contributed by atoms with Gasteiger partial charge in [0.05, 0.1) is 5.56 Å². The third-order valence-corrected chi connectivity index (χ3v) is 2.01. The Morgan fingerprint density at radius 3 is 2.14 bits per heavy atom. The molecule has 1 aromatic rings. The van der Waals surface area contributed by atoms with Crippen LogP contribution < -0.4 is 0 Å². The first-order chi connectivity index (χ1) is 6.54. The lowest BCUT2D eigenvalue weighted by molar-refractivity contribution is -0.137. The summed E-state index contributed by atoms with van der Waals surface area (Å²) in [6, 6.07) is 5.05. The Morgan fingerprint density at radius 2 is 1.71 bits per heavy atom. The van der Waals surface area contributed by atoms with Crippen LogP contribution >= 0.6 is 15.9 Å². The summed E-state index contributed by atoms with van der Waals surface area (Å²) in [4.78, 5) is 0. The molecule has 1 aromatic carbocycles. The van der Waals surface area contributed by atoms with E-state index in [1.807, 2.05) is 6.08 Å². The van der Waals surface area contributed by atoms with Gasteiger partial charge < -0.3 is 0 Å². The molecule has 0 atom stereocenters. The number of rotatable bonds is 2. The van der Waals surface area contributed by atoms with Gasteiger partial charge in [-0.05, 0) is 17.7 Å². The zero-order valence-corrected chi connectivity index (χ0v) is 8.77. The molecule has 1 rings (SSSR count). The zero-order valence-electron chi connectivity index (χ0n) is 7.18. The molecule has 0 aliphatic rings. The second-order valence-corrected chi connectivity index (χ2v) is 3.32. The topological polar surface area (TPSA) is 0 Å². The Morgan fingerprint density at radius 1 is 1.14 bits per heavy atom. The summed E-state index contributed by atoms with van der Waals surface area (Å²) in [6.45, 7) is 0. The summed E-state index contributed by atoms with van der Waals surface area (Å²) in [5, 5.41) is 0.689. The summed E-state index contributed by atoms with van der Waals surface area (Å²) in [6.07, 6.45) is -0.671. The standard InChI is InChI=1S/C10H8BrF3/c11-7-1-2-8-3-5-9(6-4-8)10(12,13)14/h1-6H,7H2/b2-1+. The molecule has 14 heavy (non-hydrogen) atoms. The largest absolute Gasteiger partial charge is 0.416 e. The van der Waals surface area contributed by atoms with E-state index in [9.17, 15) is 13.2 Å². The molecule has 0 saturated carbocycles. The molecule has 0 saturated heterocycles. The normalized spacial score (nSPS) is 12.3. The van der Waals surface area contributed by atoms with Gasteiger partial charge in [-0.2, -0.15) is 13.2 Å². The molecule has 0 bridgehead atoms. The van der Waals surface area contributed by atoms with Crippen LogP contribution in [0.4, 0.5) is 13.2 Å². The summed E-state index contributed by atoms with van der Waals surface area (Å²) >= 11 is 3.19. The lowest BCUT2D eigenvalue weighted by Gasteiger charge is -2.05. The maximum atomic E-state index is 12.1. The van der Waals surface area contributed by atoms with Crippen molar-refractivity contribution in [3.05, 3.63) is 41.5 Å². The molecule has 76 valence electrons. The van der Waals surface area contributed by atoms with Crippen molar-refractivity contribution in [1.29, 1.82) is 0 Å². The van der Waals surface area contributed by atoms with Gasteiger partial charge in [0.25, 0.3) is 0 Å². The molecule has 0 radical (unpaired) electrons. The maximum Gasteiger partial charge on any atom is 0.416 e. The molecule has 4 heteroatoms. The van der Waals surface area contributed by atoms with Gasteiger partial charge in [-0.3, -0.25) is 0 Å². The Labute approximate surface area is 88.6 Å². The Balaban J connectivity index is 2.84. The molecule has 0 fully saturated rings. The van der Waals surface area contributed by atoms with Crippen LogP contribution in [-0.2, 0) is 6.18 Å². The van der Waals surface area contributed by atoms with Gasteiger partial charge in [-0.15, -0.1) is 0 Å². The predicted molar refractivity (Wildman–Crippen MR) is 54.3 cm³/mol. The van der Waals surface area contributed by atoms with Crippen molar-refractivity contribution in [1.82, 2.24) is 0 Å². The van der Waals surface area contributed by atoms with Crippen LogP contribution in [0.2, 0.25) is 0 Å². The van der Waals surface area contributed by atoms with Crippen molar-refractivity contribution in [3.8, 4) is 0 Å². The Bertz CT molecular complexity index is 311. The van der Waals surface area contributed by atoms with E-state index < -0.39 is 11.7 Å². The molecule has 0 nitrogen and oxygen atoms in total. The molecule has 0 aliphatic carbocycles. The summed E-state index contributed by atoms with van der Waals surface area (Å²) < 4.78 is 36.4. The highest BCUT2D eigenvalue weighted by molar-refractivity contribution is 9.09. The first kappa shape index (κ1) is 11.3. The smallest absolute Gasteiger partial charge is 0.166 e. The van der Waals surface area contributed by atoms with Gasteiger partial charge in [-0.25, -0.2) is 0 Å². The highest BCUT2D eigenvalue weighted by Gasteiger charge is 2.29. The highest BCUT2D eigenvalue weighted by atomic mass is 79.9. The molecule has 0 aromatic heterocycles. The van der Waals surface area contributed by atoms with Crippen molar-refractivity contribution in [2.75, 3.05) is 5.33 Å². The van der Waals surface area contributed by atoms with Gasteiger partial charge in [0, 0.05) is 5.33 Å². The first-order valence-corrected chi connectivity index (χ1v) is 5.06. The minimum absolute atomic E-state index is 0.617. The van der Waals surface area contributed by atoms with E-state index in [2.05, 4.69) is 15.9 Å². The minimum atomic E-state index is -4.25. The average Bonchev–Trinajstić information content (AvgIpc) is 2.14. The number of hydrogen-bond donors (Lipinski definition) is 0. The first-order valence-electron chi connectivity index (χ1n) is 3.94. The predicted octanol–water partition coefficient (Wildman–Crippen LogP) is 4.11. The highest BCUT2D eigenvalue weighted by Crippen LogP contribution is 2.29. The van der Waals surface area contributed by atoms with Gasteiger partial charge in [0.2, 0.25) is 0 Å². The molecular formula is C10H8BrF3. The van der Waals surface area contributed by atoms with Crippen molar-refractivity contribution in [2.24, 2.45) is 0 Å². The molecule has 0 spiro atoms. The molecule has 0 heterocycles. The molecule has 0 aliphatic heterocycles. The number of benzene rings is 1. The second kappa shape index (κ2) is 4.64. The monoisotopic (exact) mass is 264 g/mol. The van der Waals surface area contributed by atoms with Gasteiger partial charge in [0.1, 0.15) is 0 Å².